The lowest BCUT2D eigenvalue weighted by Gasteiger charge is -2.40. The van der Waals surface area contributed by atoms with Gasteiger partial charge in [-0.2, -0.15) is 0 Å². The van der Waals surface area contributed by atoms with Gasteiger partial charge in [0.25, 0.3) is 0 Å². The van der Waals surface area contributed by atoms with Crippen LogP contribution in [0.2, 0.25) is 5.15 Å². The highest BCUT2D eigenvalue weighted by atomic mass is 35.5. The van der Waals surface area contributed by atoms with E-state index < -0.39 is 0 Å². The molecule has 1 aliphatic heterocycles. The zero-order valence-corrected chi connectivity index (χ0v) is 11.9. The lowest BCUT2D eigenvalue weighted by atomic mass is 10.1. The Bertz CT molecular complexity index is 475. The van der Waals surface area contributed by atoms with E-state index in [4.69, 9.17) is 11.6 Å². The van der Waals surface area contributed by atoms with Gasteiger partial charge in [0.2, 0.25) is 5.91 Å². The summed E-state index contributed by atoms with van der Waals surface area (Å²) in [6.45, 7) is 6.95. The molecule has 0 N–H and O–H groups in total. The minimum atomic E-state index is -0.198. The zero-order valence-electron chi connectivity index (χ0n) is 11.1. The molecule has 1 atom stereocenters. The summed E-state index contributed by atoms with van der Waals surface area (Å²) in [5.41, 5.74) is 0.822. The average Bonchev–Trinajstić information content (AvgIpc) is 2.31. The summed E-state index contributed by atoms with van der Waals surface area (Å²) in [7, 11) is 1.78. The second kappa shape index (κ2) is 4.76. The van der Waals surface area contributed by atoms with Crippen LogP contribution in [0.5, 0.6) is 0 Å². The number of rotatable bonds is 2. The molecular weight excluding hydrogens is 250 g/mol. The lowest BCUT2D eigenvalue weighted by molar-refractivity contribution is -0.119. The first-order valence-electron chi connectivity index (χ1n) is 6.12. The van der Waals surface area contributed by atoms with Gasteiger partial charge in [-0.25, -0.2) is 4.98 Å². The maximum Gasteiger partial charge on any atom is 0.249 e. The largest absolute Gasteiger partial charge is 0.343 e. The minimum absolute atomic E-state index is 0.0901. The molecule has 0 saturated heterocycles. The van der Waals surface area contributed by atoms with Crippen LogP contribution in [-0.2, 0) is 4.79 Å². The molecule has 1 aliphatic rings. The van der Waals surface area contributed by atoms with Gasteiger partial charge in [-0.1, -0.05) is 25.4 Å². The Labute approximate surface area is 113 Å². The van der Waals surface area contributed by atoms with Crippen LogP contribution in [0.4, 0.5) is 11.5 Å². The Hall–Kier alpha value is -1.29. The number of carbonyl (C=O) groups excluding carboxylic acids is 1. The van der Waals surface area contributed by atoms with E-state index in [0.29, 0.717) is 11.1 Å². The summed E-state index contributed by atoms with van der Waals surface area (Å²) in [6.07, 6.45) is 0. The number of anilines is 2. The Morgan fingerprint density at radius 2 is 2.11 bits per heavy atom. The minimum Gasteiger partial charge on any atom is -0.343 e. The molecule has 18 heavy (non-hydrogen) atoms. The van der Waals surface area contributed by atoms with Crippen LogP contribution in [0.25, 0.3) is 0 Å². The Kier molecular flexibility index (Phi) is 3.48. The molecule has 0 aromatic carbocycles. The molecule has 2 rings (SSSR count). The number of fused-ring (bicyclic) bond motifs is 1. The SMILES string of the molecule is CC(C)CN1c2nc(Cl)ccc2N(C)C(=O)[C@H]1C. The fourth-order valence-electron chi connectivity index (χ4n) is 2.24. The van der Waals surface area contributed by atoms with Crippen molar-refractivity contribution in [3.05, 3.63) is 17.3 Å². The highest BCUT2D eigenvalue weighted by Gasteiger charge is 2.34. The Balaban J connectivity index is 2.50. The van der Waals surface area contributed by atoms with Gasteiger partial charge >= 0.3 is 0 Å². The third kappa shape index (κ3) is 2.17. The van der Waals surface area contributed by atoms with Crippen LogP contribution in [0, 0.1) is 5.92 Å². The van der Waals surface area contributed by atoms with Gasteiger partial charge in [-0.3, -0.25) is 4.79 Å². The molecule has 98 valence electrons. The first-order valence-corrected chi connectivity index (χ1v) is 6.50. The summed E-state index contributed by atoms with van der Waals surface area (Å²) in [4.78, 5) is 20.3. The number of aromatic nitrogens is 1. The number of hydrogen-bond acceptors (Lipinski definition) is 3. The predicted molar refractivity (Wildman–Crippen MR) is 74.3 cm³/mol. The number of hydrogen-bond donors (Lipinski definition) is 0. The number of pyridine rings is 1. The molecule has 0 spiro atoms. The van der Waals surface area contributed by atoms with Crippen LogP contribution >= 0.6 is 11.6 Å². The van der Waals surface area contributed by atoms with Crippen molar-refractivity contribution in [2.24, 2.45) is 5.92 Å². The predicted octanol–water partition coefficient (Wildman–Crippen LogP) is 2.56. The van der Waals surface area contributed by atoms with Gasteiger partial charge in [-0.15, -0.1) is 0 Å². The number of likely N-dealkylation sites (N-methyl/N-ethyl adjacent to an activating group) is 1. The van der Waals surface area contributed by atoms with Gasteiger partial charge in [-0.05, 0) is 25.0 Å². The van der Waals surface area contributed by atoms with Crippen molar-refractivity contribution in [3.63, 3.8) is 0 Å². The molecule has 1 aromatic heterocycles. The van der Waals surface area contributed by atoms with Crippen LogP contribution in [0.3, 0.4) is 0 Å². The van der Waals surface area contributed by atoms with Crippen molar-refractivity contribution < 1.29 is 4.79 Å². The Morgan fingerprint density at radius 1 is 1.44 bits per heavy atom. The second-order valence-electron chi connectivity index (χ2n) is 5.10. The molecule has 0 radical (unpaired) electrons. The molecule has 4 nitrogen and oxygen atoms in total. The van der Waals surface area contributed by atoms with E-state index in [1.54, 1.807) is 18.0 Å². The first-order chi connectivity index (χ1) is 8.41. The van der Waals surface area contributed by atoms with Crippen molar-refractivity contribution in [1.82, 2.24) is 4.98 Å². The van der Waals surface area contributed by atoms with Crippen LogP contribution in [0.1, 0.15) is 20.8 Å². The maximum absolute atomic E-state index is 12.2. The molecule has 2 heterocycles. The first kappa shape index (κ1) is 13.1. The van der Waals surface area contributed by atoms with E-state index in [1.165, 1.54) is 0 Å². The van der Waals surface area contributed by atoms with Gasteiger partial charge in [0, 0.05) is 13.6 Å². The normalized spacial score (nSPS) is 19.4. The molecule has 0 bridgehead atoms. The number of nitrogens with zero attached hydrogens (tertiary/aromatic N) is 3. The highest BCUT2D eigenvalue weighted by Crippen LogP contribution is 2.34. The molecular formula is C13H18ClN3O. The van der Waals surface area contributed by atoms with Gasteiger partial charge < -0.3 is 9.80 Å². The van der Waals surface area contributed by atoms with Crippen molar-refractivity contribution >= 4 is 29.0 Å². The lowest BCUT2D eigenvalue weighted by Crippen LogP contribution is -2.52. The van der Waals surface area contributed by atoms with Crippen molar-refractivity contribution in [3.8, 4) is 0 Å². The molecule has 0 unspecified atom stereocenters. The van der Waals surface area contributed by atoms with Crippen LogP contribution in [-0.4, -0.2) is 30.5 Å². The van der Waals surface area contributed by atoms with Gasteiger partial charge in [0.05, 0.1) is 5.69 Å². The number of amides is 1. The van der Waals surface area contributed by atoms with E-state index in [1.807, 2.05) is 17.9 Å². The van der Waals surface area contributed by atoms with Gasteiger partial charge in [0.1, 0.15) is 11.2 Å². The van der Waals surface area contributed by atoms with Crippen LogP contribution in [0.15, 0.2) is 12.1 Å². The molecule has 1 aromatic rings. The third-order valence-electron chi connectivity index (χ3n) is 3.17. The van der Waals surface area contributed by atoms with E-state index >= 15 is 0 Å². The quantitative estimate of drug-likeness (QED) is 0.773. The maximum atomic E-state index is 12.2. The summed E-state index contributed by atoms with van der Waals surface area (Å²) < 4.78 is 0. The van der Waals surface area contributed by atoms with E-state index in [0.717, 1.165) is 18.1 Å². The summed E-state index contributed by atoms with van der Waals surface area (Å²) >= 11 is 5.97. The molecule has 5 heteroatoms. The molecule has 0 saturated carbocycles. The molecule has 0 aliphatic carbocycles. The van der Waals surface area contributed by atoms with Crippen molar-refractivity contribution in [2.75, 3.05) is 23.4 Å². The van der Waals surface area contributed by atoms with Crippen LogP contribution < -0.4 is 9.80 Å². The summed E-state index contributed by atoms with van der Waals surface area (Å²) in [6, 6.07) is 3.37. The third-order valence-corrected chi connectivity index (χ3v) is 3.38. The summed E-state index contributed by atoms with van der Waals surface area (Å²) in [5.74, 6) is 1.34. The molecule has 1 amide bonds. The van der Waals surface area contributed by atoms with E-state index in [-0.39, 0.29) is 11.9 Å². The average molecular weight is 268 g/mol. The van der Waals surface area contributed by atoms with E-state index in [2.05, 4.69) is 18.8 Å². The smallest absolute Gasteiger partial charge is 0.249 e. The van der Waals surface area contributed by atoms with Crippen molar-refractivity contribution in [1.29, 1.82) is 0 Å². The fourth-order valence-corrected chi connectivity index (χ4v) is 2.39. The second-order valence-corrected chi connectivity index (χ2v) is 5.48. The topological polar surface area (TPSA) is 36.4 Å². The zero-order chi connectivity index (χ0) is 13.4. The fraction of sp³-hybridized carbons (Fsp3) is 0.538. The number of carbonyl (C=O) groups is 1. The van der Waals surface area contributed by atoms with E-state index in [9.17, 15) is 4.79 Å². The number of halogens is 1. The Morgan fingerprint density at radius 3 is 2.72 bits per heavy atom. The highest BCUT2D eigenvalue weighted by molar-refractivity contribution is 6.29. The standard InChI is InChI=1S/C13H18ClN3O/c1-8(2)7-17-9(3)13(18)16(4)10-5-6-11(14)15-12(10)17/h5-6,8-9H,7H2,1-4H3/t9-/m1/s1. The molecule has 0 fully saturated rings. The monoisotopic (exact) mass is 267 g/mol. The van der Waals surface area contributed by atoms with Gasteiger partial charge in [0.15, 0.2) is 5.82 Å². The summed E-state index contributed by atoms with van der Waals surface area (Å²) in [5, 5.41) is 0.456. The van der Waals surface area contributed by atoms with Crippen molar-refractivity contribution in [2.45, 2.75) is 26.8 Å².